The number of likely N-dealkylation sites (tertiary alicyclic amines) is 1. The molecule has 1 saturated heterocycles. The van der Waals surface area contributed by atoms with E-state index in [2.05, 4.69) is 20.4 Å². The van der Waals surface area contributed by atoms with Crippen LogP contribution in [0.1, 0.15) is 42.3 Å². The second kappa shape index (κ2) is 8.62. The Hall–Kier alpha value is -2.79. The fourth-order valence-corrected chi connectivity index (χ4v) is 4.60. The fourth-order valence-electron chi connectivity index (χ4n) is 3.97. The van der Waals surface area contributed by atoms with Gasteiger partial charge in [0.15, 0.2) is 15.7 Å². The first-order chi connectivity index (χ1) is 15.1. The summed E-state index contributed by atoms with van der Waals surface area (Å²) < 4.78 is 63.7. The van der Waals surface area contributed by atoms with Gasteiger partial charge in [0, 0.05) is 12.3 Å². The van der Waals surface area contributed by atoms with Crippen LogP contribution in [-0.2, 0) is 22.6 Å². The zero-order valence-electron chi connectivity index (χ0n) is 17.3. The molecule has 0 bridgehead atoms. The Morgan fingerprint density at radius 3 is 2.34 bits per heavy atom. The highest BCUT2D eigenvalue weighted by Crippen LogP contribution is 2.35. The first-order valence-electron chi connectivity index (χ1n) is 10.1. The average Bonchev–Trinajstić information content (AvgIpc) is 3.21. The maximum Gasteiger partial charge on any atom is 0.416 e. The summed E-state index contributed by atoms with van der Waals surface area (Å²) in [5, 5.41) is 11.9. The van der Waals surface area contributed by atoms with Crippen molar-refractivity contribution in [1.29, 1.82) is 0 Å². The molecule has 11 heteroatoms. The van der Waals surface area contributed by atoms with Crippen LogP contribution in [0.3, 0.4) is 0 Å². The number of hydrogen-bond acceptors (Lipinski definition) is 6. The van der Waals surface area contributed by atoms with Crippen molar-refractivity contribution in [3.8, 4) is 5.69 Å². The number of benzene rings is 2. The third-order valence-corrected chi connectivity index (χ3v) is 6.75. The van der Waals surface area contributed by atoms with Crippen molar-refractivity contribution >= 4 is 9.84 Å². The lowest BCUT2D eigenvalue weighted by atomic mass is 9.94. The van der Waals surface area contributed by atoms with Crippen molar-refractivity contribution < 1.29 is 21.6 Å². The quantitative estimate of drug-likeness (QED) is 0.570. The second-order valence-corrected chi connectivity index (χ2v) is 9.89. The van der Waals surface area contributed by atoms with E-state index in [1.54, 1.807) is 28.9 Å². The number of piperidine rings is 1. The molecule has 1 atom stereocenters. The largest absolute Gasteiger partial charge is 0.416 e. The standard InChI is InChI=1S/C21H22F3N5O2S/c1-32(30,31)18-11-9-17(10-12-18)29-20(25-26-27-29)14-28-13-3-2-4-19(28)15-5-7-16(8-6-15)21(22,23)24/h5-12,19H,2-4,13-14H2,1H3. The Balaban J connectivity index is 1.56. The van der Waals surface area contributed by atoms with Crippen LogP contribution in [-0.4, -0.2) is 46.3 Å². The van der Waals surface area contributed by atoms with Gasteiger partial charge in [-0.1, -0.05) is 18.6 Å². The van der Waals surface area contributed by atoms with Crippen molar-refractivity contribution in [2.45, 2.75) is 42.9 Å². The van der Waals surface area contributed by atoms with E-state index in [9.17, 15) is 21.6 Å². The van der Waals surface area contributed by atoms with Crippen LogP contribution in [0.15, 0.2) is 53.4 Å². The van der Waals surface area contributed by atoms with E-state index in [0.29, 0.717) is 18.1 Å². The minimum Gasteiger partial charge on any atom is -0.289 e. The monoisotopic (exact) mass is 465 g/mol. The van der Waals surface area contributed by atoms with Gasteiger partial charge in [0.25, 0.3) is 0 Å². The van der Waals surface area contributed by atoms with Gasteiger partial charge in [-0.15, -0.1) is 5.10 Å². The summed E-state index contributed by atoms with van der Waals surface area (Å²) in [6, 6.07) is 11.6. The first-order valence-corrected chi connectivity index (χ1v) is 12.0. The molecular formula is C21H22F3N5O2S. The molecule has 0 spiro atoms. The van der Waals surface area contributed by atoms with E-state index in [4.69, 9.17) is 0 Å². The first kappa shape index (κ1) is 22.4. The molecule has 4 rings (SSSR count). The predicted octanol–water partition coefficient (Wildman–Crippen LogP) is 3.81. The minimum absolute atomic E-state index is 0.0382. The molecule has 3 aromatic rings. The molecule has 0 aliphatic carbocycles. The number of nitrogens with zero attached hydrogens (tertiary/aromatic N) is 5. The van der Waals surface area contributed by atoms with E-state index < -0.39 is 21.6 Å². The number of alkyl halides is 3. The van der Waals surface area contributed by atoms with Crippen LogP contribution in [0.5, 0.6) is 0 Å². The third kappa shape index (κ3) is 4.83. The van der Waals surface area contributed by atoms with Crippen molar-refractivity contribution in [3.63, 3.8) is 0 Å². The summed E-state index contributed by atoms with van der Waals surface area (Å²) in [4.78, 5) is 2.37. The lowest BCUT2D eigenvalue weighted by Crippen LogP contribution is -2.34. The van der Waals surface area contributed by atoms with E-state index in [-0.39, 0.29) is 10.9 Å². The molecule has 0 N–H and O–H groups in total. The number of hydrogen-bond donors (Lipinski definition) is 0. The highest BCUT2D eigenvalue weighted by molar-refractivity contribution is 7.90. The summed E-state index contributed by atoms with van der Waals surface area (Å²) in [6.07, 6.45) is -0.431. The smallest absolute Gasteiger partial charge is 0.289 e. The molecule has 1 unspecified atom stereocenters. The zero-order chi connectivity index (χ0) is 22.9. The highest BCUT2D eigenvalue weighted by atomic mass is 32.2. The van der Waals surface area contributed by atoms with Gasteiger partial charge in [-0.2, -0.15) is 17.9 Å². The molecule has 32 heavy (non-hydrogen) atoms. The highest BCUT2D eigenvalue weighted by Gasteiger charge is 2.31. The van der Waals surface area contributed by atoms with Gasteiger partial charge in [-0.25, -0.2) is 8.42 Å². The van der Waals surface area contributed by atoms with Crippen LogP contribution in [0.25, 0.3) is 5.69 Å². The second-order valence-electron chi connectivity index (χ2n) is 7.87. The Kier molecular flexibility index (Phi) is 6.04. The van der Waals surface area contributed by atoms with Crippen LogP contribution in [0.4, 0.5) is 13.2 Å². The summed E-state index contributed by atoms with van der Waals surface area (Å²) in [5.41, 5.74) is 0.791. The SMILES string of the molecule is CS(=O)(=O)c1ccc(-n2nnnc2CN2CCCCC2c2ccc(C(F)(F)F)cc2)cc1. The summed E-state index contributed by atoms with van der Waals surface area (Å²) in [7, 11) is -3.31. The number of rotatable bonds is 5. The lowest BCUT2D eigenvalue weighted by molar-refractivity contribution is -0.137. The van der Waals surface area contributed by atoms with Crippen molar-refractivity contribution in [3.05, 3.63) is 65.5 Å². The maximum atomic E-state index is 12.9. The Morgan fingerprint density at radius 1 is 1.03 bits per heavy atom. The normalized spacial score (nSPS) is 18.1. The van der Waals surface area contributed by atoms with Gasteiger partial charge in [0.05, 0.1) is 22.7 Å². The molecule has 1 aromatic heterocycles. The fraction of sp³-hybridized carbons (Fsp3) is 0.381. The van der Waals surface area contributed by atoms with E-state index in [1.807, 2.05) is 0 Å². The molecule has 1 aliphatic heterocycles. The Bertz CT molecular complexity index is 1180. The van der Waals surface area contributed by atoms with Gasteiger partial charge < -0.3 is 0 Å². The van der Waals surface area contributed by atoms with Crippen LogP contribution >= 0.6 is 0 Å². The lowest BCUT2D eigenvalue weighted by Gasteiger charge is -2.35. The summed E-state index contributed by atoms with van der Waals surface area (Å²) >= 11 is 0. The van der Waals surface area contributed by atoms with Crippen LogP contribution in [0.2, 0.25) is 0 Å². The van der Waals surface area contributed by atoms with Gasteiger partial charge in [0.2, 0.25) is 0 Å². The van der Waals surface area contributed by atoms with Gasteiger partial charge in [-0.05, 0) is 71.8 Å². The molecule has 2 heterocycles. The minimum atomic E-state index is -4.36. The van der Waals surface area contributed by atoms with Gasteiger partial charge >= 0.3 is 6.18 Å². The maximum absolute atomic E-state index is 12.9. The molecule has 0 amide bonds. The predicted molar refractivity (Wildman–Crippen MR) is 111 cm³/mol. The topological polar surface area (TPSA) is 81.0 Å². The summed E-state index contributed by atoms with van der Waals surface area (Å²) in [6.45, 7) is 1.18. The van der Waals surface area contributed by atoms with Crippen molar-refractivity contribution in [2.24, 2.45) is 0 Å². The summed E-state index contributed by atoms with van der Waals surface area (Å²) in [5.74, 6) is 0.566. The number of sulfone groups is 1. The molecule has 1 aliphatic rings. The Labute approximate surface area is 183 Å². The van der Waals surface area contributed by atoms with Gasteiger partial charge in [0.1, 0.15) is 0 Å². The number of aromatic nitrogens is 4. The molecule has 1 fully saturated rings. The molecule has 0 radical (unpaired) electrons. The number of tetrazole rings is 1. The average molecular weight is 466 g/mol. The van der Waals surface area contributed by atoms with Crippen LogP contribution < -0.4 is 0 Å². The van der Waals surface area contributed by atoms with Gasteiger partial charge in [-0.3, -0.25) is 4.90 Å². The molecule has 2 aromatic carbocycles. The molecule has 7 nitrogen and oxygen atoms in total. The van der Waals surface area contributed by atoms with E-state index >= 15 is 0 Å². The number of halogens is 3. The molecule has 170 valence electrons. The Morgan fingerprint density at radius 2 is 1.72 bits per heavy atom. The van der Waals surface area contributed by atoms with E-state index in [0.717, 1.165) is 49.8 Å². The van der Waals surface area contributed by atoms with Crippen molar-refractivity contribution in [2.75, 3.05) is 12.8 Å². The molecular weight excluding hydrogens is 443 g/mol. The van der Waals surface area contributed by atoms with E-state index in [1.165, 1.54) is 12.1 Å². The zero-order valence-corrected chi connectivity index (χ0v) is 18.1. The molecule has 0 saturated carbocycles. The van der Waals surface area contributed by atoms with Crippen molar-refractivity contribution in [1.82, 2.24) is 25.1 Å². The third-order valence-electron chi connectivity index (χ3n) is 5.62. The van der Waals surface area contributed by atoms with Crippen LogP contribution in [0, 0.1) is 0 Å².